The molecule has 11 heteroatoms. The lowest BCUT2D eigenvalue weighted by atomic mass is 9.94. The van der Waals surface area contributed by atoms with Crippen LogP contribution >= 0.6 is 0 Å². The van der Waals surface area contributed by atoms with E-state index in [1.807, 2.05) is 29.2 Å². The number of hydrogen-bond acceptors (Lipinski definition) is 9. The van der Waals surface area contributed by atoms with Crippen LogP contribution in [0.5, 0.6) is 0 Å². The van der Waals surface area contributed by atoms with Gasteiger partial charge in [-0.2, -0.15) is 4.98 Å². The van der Waals surface area contributed by atoms with Gasteiger partial charge < -0.3 is 20.1 Å². The first kappa shape index (κ1) is 24.6. The zero-order chi connectivity index (χ0) is 25.2. The van der Waals surface area contributed by atoms with Crippen molar-refractivity contribution >= 4 is 33.3 Å². The van der Waals surface area contributed by atoms with E-state index in [4.69, 9.17) is 4.74 Å². The van der Waals surface area contributed by atoms with Gasteiger partial charge in [-0.1, -0.05) is 24.3 Å². The molecular formula is C24H25FN4O5S. The molecule has 0 amide bonds. The van der Waals surface area contributed by atoms with Crippen LogP contribution in [0.25, 0.3) is 0 Å². The number of carbonyl (C=O) groups is 1. The maximum Gasteiger partial charge on any atom is 0.343 e. The number of halogens is 1. The zero-order valence-corrected chi connectivity index (χ0v) is 20.0. The van der Waals surface area contributed by atoms with Crippen molar-refractivity contribution in [2.45, 2.75) is 30.8 Å². The topological polar surface area (TPSA) is 122 Å². The van der Waals surface area contributed by atoms with Crippen LogP contribution in [0.3, 0.4) is 0 Å². The van der Waals surface area contributed by atoms with Crippen LogP contribution < -0.4 is 10.2 Å². The lowest BCUT2D eigenvalue weighted by Crippen LogP contribution is -2.44. The minimum atomic E-state index is -3.71. The maximum atomic E-state index is 14.4. The van der Waals surface area contributed by atoms with Crippen molar-refractivity contribution in [1.29, 1.82) is 0 Å². The summed E-state index contributed by atoms with van der Waals surface area (Å²) >= 11 is 0. The highest BCUT2D eigenvalue weighted by molar-refractivity contribution is 7.90. The molecule has 0 saturated heterocycles. The van der Waals surface area contributed by atoms with Crippen LogP contribution in [-0.2, 0) is 27.5 Å². The van der Waals surface area contributed by atoms with Crippen LogP contribution in [0.1, 0.15) is 28.4 Å². The van der Waals surface area contributed by atoms with Gasteiger partial charge in [0.15, 0.2) is 9.84 Å². The molecule has 4 rings (SSSR count). The number of sulfone groups is 1. The molecule has 0 radical (unpaired) electrons. The van der Waals surface area contributed by atoms with Crippen LogP contribution in [0, 0.1) is 5.82 Å². The number of rotatable bonds is 7. The third kappa shape index (κ3) is 5.25. The number of hydrogen-bond donors (Lipinski definition) is 2. The molecule has 184 valence electrons. The van der Waals surface area contributed by atoms with E-state index in [9.17, 15) is 22.7 Å². The molecule has 3 aromatic rings. The van der Waals surface area contributed by atoms with E-state index in [0.717, 1.165) is 29.5 Å². The quantitative estimate of drug-likeness (QED) is 0.472. The minimum Gasteiger partial charge on any atom is -0.462 e. The monoisotopic (exact) mass is 500 g/mol. The summed E-state index contributed by atoms with van der Waals surface area (Å²) in [4.78, 5) is 22.8. The molecule has 0 bridgehead atoms. The van der Waals surface area contributed by atoms with E-state index in [0.29, 0.717) is 13.0 Å². The fraction of sp³-hybridized carbons (Fsp3) is 0.292. The van der Waals surface area contributed by atoms with Crippen molar-refractivity contribution in [2.24, 2.45) is 0 Å². The van der Waals surface area contributed by atoms with Gasteiger partial charge in [-0.3, -0.25) is 0 Å². The average Bonchev–Trinajstić information content (AvgIpc) is 2.82. The Labute approximate surface area is 202 Å². The summed E-state index contributed by atoms with van der Waals surface area (Å²) in [5, 5.41) is 13.0. The summed E-state index contributed by atoms with van der Waals surface area (Å²) in [5.74, 6) is -1.18. The molecule has 1 atom stereocenters. The number of aliphatic hydroxyl groups is 1. The number of esters is 1. The van der Waals surface area contributed by atoms with Gasteiger partial charge >= 0.3 is 5.97 Å². The smallest absolute Gasteiger partial charge is 0.343 e. The van der Waals surface area contributed by atoms with Crippen molar-refractivity contribution in [3.05, 3.63) is 71.2 Å². The third-order valence-electron chi connectivity index (χ3n) is 5.69. The fourth-order valence-corrected chi connectivity index (χ4v) is 4.74. The summed E-state index contributed by atoms with van der Waals surface area (Å²) in [6.07, 6.45) is 2.80. The lowest BCUT2D eigenvalue weighted by molar-refractivity contribution is 0.0525. The molecule has 1 aliphatic rings. The van der Waals surface area contributed by atoms with Crippen molar-refractivity contribution in [2.75, 3.05) is 29.7 Å². The Bertz CT molecular complexity index is 1370. The average molecular weight is 501 g/mol. The van der Waals surface area contributed by atoms with E-state index < -0.39 is 26.5 Å². The lowest BCUT2D eigenvalue weighted by Gasteiger charge is -2.37. The largest absolute Gasteiger partial charge is 0.462 e. The molecule has 1 aliphatic heterocycles. The summed E-state index contributed by atoms with van der Waals surface area (Å²) < 4.78 is 42.9. The van der Waals surface area contributed by atoms with Gasteiger partial charge in [0.2, 0.25) is 5.95 Å². The summed E-state index contributed by atoms with van der Waals surface area (Å²) in [7, 11) is -3.71. The molecule has 9 nitrogen and oxygen atoms in total. The fourth-order valence-electron chi connectivity index (χ4n) is 4.01. The van der Waals surface area contributed by atoms with Gasteiger partial charge in [0, 0.05) is 24.7 Å². The van der Waals surface area contributed by atoms with Crippen molar-refractivity contribution in [3.8, 4) is 0 Å². The van der Waals surface area contributed by atoms with E-state index in [1.165, 1.54) is 12.3 Å². The first-order valence-corrected chi connectivity index (χ1v) is 12.9. The Kier molecular flexibility index (Phi) is 6.99. The number of anilines is 3. The zero-order valence-electron chi connectivity index (χ0n) is 19.2. The Balaban J connectivity index is 1.73. The van der Waals surface area contributed by atoms with Gasteiger partial charge in [-0.05, 0) is 42.7 Å². The molecule has 1 unspecified atom stereocenters. The summed E-state index contributed by atoms with van der Waals surface area (Å²) in [6.45, 7) is 2.09. The van der Waals surface area contributed by atoms with E-state index in [1.54, 1.807) is 6.92 Å². The molecule has 0 spiro atoms. The number of ether oxygens (including phenoxy) is 1. The Morgan fingerprint density at radius 2 is 2.00 bits per heavy atom. The summed E-state index contributed by atoms with van der Waals surface area (Å²) in [5.41, 5.74) is 2.51. The van der Waals surface area contributed by atoms with Crippen molar-refractivity contribution in [1.82, 2.24) is 9.97 Å². The molecule has 2 heterocycles. The number of aromatic nitrogens is 2. The number of nitrogens with zero attached hydrogens (tertiary/aromatic N) is 3. The first-order valence-electron chi connectivity index (χ1n) is 11.0. The van der Waals surface area contributed by atoms with Gasteiger partial charge in [-0.15, -0.1) is 0 Å². The van der Waals surface area contributed by atoms with Crippen LogP contribution in [0.2, 0.25) is 0 Å². The Hall–Kier alpha value is -3.57. The molecule has 2 N–H and O–H groups in total. The standard InChI is InChI=1S/C24H25FN4O5S/c1-3-34-23(31)19-12-26-24(27-17-8-9-21(20(25)11-17)35(2,32)33)28-22(19)29-13-16-7-5-4-6-15(16)10-18(29)14-30/h4-9,11-12,18,30H,3,10,13-14H2,1-2H3,(H,26,27,28). The molecule has 0 aliphatic carbocycles. The number of nitrogens with one attached hydrogen (secondary N) is 1. The molecule has 2 aromatic carbocycles. The second-order valence-corrected chi connectivity index (χ2v) is 10.1. The van der Waals surface area contributed by atoms with Gasteiger partial charge in [0.1, 0.15) is 22.1 Å². The van der Waals surface area contributed by atoms with E-state index >= 15 is 0 Å². The van der Waals surface area contributed by atoms with Crippen LogP contribution in [0.4, 0.5) is 21.8 Å². The normalized spacial score (nSPS) is 15.4. The second kappa shape index (κ2) is 9.96. The first-order chi connectivity index (χ1) is 16.7. The van der Waals surface area contributed by atoms with Crippen molar-refractivity contribution < 1.29 is 27.4 Å². The van der Waals surface area contributed by atoms with E-state index in [-0.39, 0.29) is 42.3 Å². The molecule has 0 saturated carbocycles. The van der Waals surface area contributed by atoms with Crippen LogP contribution in [0.15, 0.2) is 53.6 Å². The molecular weight excluding hydrogens is 475 g/mol. The Morgan fingerprint density at radius 3 is 2.66 bits per heavy atom. The van der Waals surface area contributed by atoms with Gasteiger partial charge in [-0.25, -0.2) is 22.6 Å². The molecule has 1 aromatic heterocycles. The van der Waals surface area contributed by atoms with Crippen LogP contribution in [-0.4, -0.2) is 55.0 Å². The highest BCUT2D eigenvalue weighted by Gasteiger charge is 2.30. The van der Waals surface area contributed by atoms with Gasteiger partial charge in [0.05, 0.1) is 19.3 Å². The van der Waals surface area contributed by atoms with Gasteiger partial charge in [0.25, 0.3) is 0 Å². The highest BCUT2D eigenvalue weighted by Crippen LogP contribution is 2.31. The third-order valence-corrected chi connectivity index (χ3v) is 6.82. The predicted molar refractivity (Wildman–Crippen MR) is 128 cm³/mol. The number of aliphatic hydroxyl groups excluding tert-OH is 1. The Morgan fingerprint density at radius 1 is 1.26 bits per heavy atom. The SMILES string of the molecule is CCOC(=O)c1cnc(Nc2ccc(S(C)(=O)=O)c(F)c2)nc1N1Cc2ccccc2CC1CO. The van der Waals surface area contributed by atoms with Crippen molar-refractivity contribution in [3.63, 3.8) is 0 Å². The number of fused-ring (bicyclic) bond motifs is 1. The highest BCUT2D eigenvalue weighted by atomic mass is 32.2. The second-order valence-electron chi connectivity index (χ2n) is 8.13. The number of benzene rings is 2. The minimum absolute atomic E-state index is 0.0649. The maximum absolute atomic E-state index is 14.4. The molecule has 35 heavy (non-hydrogen) atoms. The summed E-state index contributed by atoms with van der Waals surface area (Å²) in [6, 6.07) is 11.1. The molecule has 0 fully saturated rings. The predicted octanol–water partition coefficient (Wildman–Crippen LogP) is 2.86. The van der Waals surface area contributed by atoms with E-state index in [2.05, 4.69) is 15.3 Å². The number of carbonyl (C=O) groups excluding carboxylic acids is 1.